The van der Waals surface area contributed by atoms with Gasteiger partial charge in [-0.1, -0.05) is 18.2 Å². The summed E-state index contributed by atoms with van der Waals surface area (Å²) in [6.45, 7) is 8.21. The van der Waals surface area contributed by atoms with Gasteiger partial charge in [-0.05, 0) is 52.1 Å². The Kier molecular flexibility index (Phi) is 3.71. The minimum absolute atomic E-state index is 0.197. The molecule has 1 fully saturated rings. The molecule has 2 rings (SSSR count). The van der Waals surface area contributed by atoms with Gasteiger partial charge in [-0.3, -0.25) is 0 Å². The number of hydrogen-bond donors (Lipinski definition) is 0. The molecule has 0 radical (unpaired) electrons. The van der Waals surface area contributed by atoms with E-state index in [1.807, 2.05) is 24.3 Å². The van der Waals surface area contributed by atoms with E-state index in [1.165, 1.54) is 0 Å². The van der Waals surface area contributed by atoms with E-state index in [9.17, 15) is 0 Å². The Bertz CT molecular complexity index is 489. The first-order chi connectivity index (χ1) is 8.86. The maximum Gasteiger partial charge on any atom is 0.458 e. The van der Waals surface area contributed by atoms with Gasteiger partial charge in [0, 0.05) is 0 Å². The molecule has 0 spiro atoms. The SMILES string of the molecule is CC1(C)OB(CCc2ccccc2C#N)OC1(C)C. The lowest BCUT2D eigenvalue weighted by molar-refractivity contribution is 0.00578. The van der Waals surface area contributed by atoms with Crippen LogP contribution < -0.4 is 0 Å². The van der Waals surface area contributed by atoms with E-state index < -0.39 is 0 Å². The van der Waals surface area contributed by atoms with Gasteiger partial charge in [0.25, 0.3) is 0 Å². The average Bonchev–Trinajstić information content (AvgIpc) is 2.55. The van der Waals surface area contributed by atoms with Gasteiger partial charge in [0.2, 0.25) is 0 Å². The summed E-state index contributed by atoms with van der Waals surface area (Å²) >= 11 is 0. The van der Waals surface area contributed by atoms with Crippen LogP contribution in [-0.4, -0.2) is 18.3 Å². The van der Waals surface area contributed by atoms with E-state index in [-0.39, 0.29) is 18.3 Å². The Morgan fingerprint density at radius 2 is 1.68 bits per heavy atom. The number of hydrogen-bond acceptors (Lipinski definition) is 3. The normalized spacial score (nSPS) is 20.3. The third kappa shape index (κ3) is 2.83. The zero-order valence-electron chi connectivity index (χ0n) is 12.1. The van der Waals surface area contributed by atoms with Crippen molar-refractivity contribution < 1.29 is 9.31 Å². The topological polar surface area (TPSA) is 42.2 Å². The first kappa shape index (κ1) is 14.1. The van der Waals surface area contributed by atoms with Crippen molar-refractivity contribution in [2.24, 2.45) is 0 Å². The predicted octanol–water partition coefficient (Wildman–Crippen LogP) is 3.19. The summed E-state index contributed by atoms with van der Waals surface area (Å²) in [5, 5.41) is 9.06. The van der Waals surface area contributed by atoms with E-state index in [0.29, 0.717) is 0 Å². The molecular weight excluding hydrogens is 237 g/mol. The molecule has 1 aromatic rings. The molecule has 1 heterocycles. The van der Waals surface area contributed by atoms with Crippen LogP contribution in [0.3, 0.4) is 0 Å². The van der Waals surface area contributed by atoms with E-state index in [0.717, 1.165) is 23.9 Å². The average molecular weight is 257 g/mol. The molecule has 0 amide bonds. The van der Waals surface area contributed by atoms with Crippen LogP contribution in [0.5, 0.6) is 0 Å². The van der Waals surface area contributed by atoms with Crippen molar-refractivity contribution >= 4 is 7.12 Å². The van der Waals surface area contributed by atoms with Crippen molar-refractivity contribution in [3.63, 3.8) is 0 Å². The highest BCUT2D eigenvalue weighted by Gasteiger charge is 2.50. The minimum Gasteiger partial charge on any atom is -0.403 e. The monoisotopic (exact) mass is 257 g/mol. The Hall–Kier alpha value is -1.31. The molecule has 0 saturated carbocycles. The van der Waals surface area contributed by atoms with Crippen LogP contribution in [-0.2, 0) is 15.7 Å². The highest BCUT2D eigenvalue weighted by molar-refractivity contribution is 6.45. The zero-order chi connectivity index (χ0) is 14.1. The van der Waals surface area contributed by atoms with E-state index in [4.69, 9.17) is 14.6 Å². The Morgan fingerprint density at radius 1 is 1.11 bits per heavy atom. The fraction of sp³-hybridized carbons (Fsp3) is 0.533. The summed E-state index contributed by atoms with van der Waals surface area (Å²) in [6.07, 6.45) is 1.56. The van der Waals surface area contributed by atoms with Crippen LogP contribution in [0.15, 0.2) is 24.3 Å². The number of benzene rings is 1. The molecular formula is C15H20BNO2. The van der Waals surface area contributed by atoms with Crippen molar-refractivity contribution in [1.29, 1.82) is 5.26 Å². The van der Waals surface area contributed by atoms with Gasteiger partial charge in [-0.15, -0.1) is 0 Å². The summed E-state index contributed by atoms with van der Waals surface area (Å²) in [7, 11) is -0.197. The lowest BCUT2D eigenvalue weighted by Crippen LogP contribution is -2.41. The third-order valence-corrected chi connectivity index (χ3v) is 4.09. The van der Waals surface area contributed by atoms with E-state index in [2.05, 4.69) is 33.8 Å². The molecule has 0 atom stereocenters. The van der Waals surface area contributed by atoms with Gasteiger partial charge in [-0.2, -0.15) is 5.26 Å². The van der Waals surface area contributed by atoms with E-state index >= 15 is 0 Å². The molecule has 0 bridgehead atoms. The lowest BCUT2D eigenvalue weighted by atomic mass is 9.81. The molecule has 4 heteroatoms. The highest BCUT2D eigenvalue weighted by Crippen LogP contribution is 2.38. The van der Waals surface area contributed by atoms with Crippen molar-refractivity contribution in [2.45, 2.75) is 51.6 Å². The van der Waals surface area contributed by atoms with Crippen LogP contribution in [0.4, 0.5) is 0 Å². The molecule has 3 nitrogen and oxygen atoms in total. The van der Waals surface area contributed by atoms with Crippen molar-refractivity contribution in [1.82, 2.24) is 0 Å². The maximum absolute atomic E-state index is 9.06. The largest absolute Gasteiger partial charge is 0.458 e. The van der Waals surface area contributed by atoms with E-state index in [1.54, 1.807) is 0 Å². The second-order valence-electron chi connectivity index (χ2n) is 5.99. The Morgan fingerprint density at radius 3 is 2.26 bits per heavy atom. The van der Waals surface area contributed by atoms with Gasteiger partial charge in [-0.25, -0.2) is 0 Å². The van der Waals surface area contributed by atoms with Gasteiger partial charge < -0.3 is 9.31 Å². The minimum atomic E-state index is -0.285. The van der Waals surface area contributed by atoms with Gasteiger partial charge in [0.05, 0.1) is 22.8 Å². The highest BCUT2D eigenvalue weighted by atomic mass is 16.7. The molecule has 0 N–H and O–H groups in total. The fourth-order valence-corrected chi connectivity index (χ4v) is 2.20. The lowest BCUT2D eigenvalue weighted by Gasteiger charge is -2.32. The quantitative estimate of drug-likeness (QED) is 0.781. The molecule has 1 aliphatic rings. The number of nitriles is 1. The molecule has 0 aromatic heterocycles. The second-order valence-corrected chi connectivity index (χ2v) is 5.99. The molecule has 1 aromatic carbocycles. The van der Waals surface area contributed by atoms with Crippen molar-refractivity contribution in [3.8, 4) is 6.07 Å². The summed E-state index contributed by atoms with van der Waals surface area (Å²) in [6, 6.07) is 9.90. The molecule has 19 heavy (non-hydrogen) atoms. The van der Waals surface area contributed by atoms with Gasteiger partial charge in [0.1, 0.15) is 0 Å². The molecule has 100 valence electrons. The number of nitrogens with zero attached hydrogens (tertiary/aromatic N) is 1. The first-order valence-electron chi connectivity index (χ1n) is 6.69. The smallest absolute Gasteiger partial charge is 0.403 e. The predicted molar refractivity (Wildman–Crippen MR) is 75.8 cm³/mol. The number of aryl methyl sites for hydroxylation is 1. The van der Waals surface area contributed by atoms with Crippen LogP contribution in [0.2, 0.25) is 6.32 Å². The zero-order valence-corrected chi connectivity index (χ0v) is 12.1. The summed E-state index contributed by atoms with van der Waals surface area (Å²) < 4.78 is 11.9. The van der Waals surface area contributed by atoms with Crippen molar-refractivity contribution in [3.05, 3.63) is 35.4 Å². The van der Waals surface area contributed by atoms with Crippen molar-refractivity contribution in [2.75, 3.05) is 0 Å². The summed E-state index contributed by atoms with van der Waals surface area (Å²) in [4.78, 5) is 0. The molecule has 1 aliphatic heterocycles. The third-order valence-electron chi connectivity index (χ3n) is 4.09. The second kappa shape index (κ2) is 4.99. The molecule has 0 unspecified atom stereocenters. The molecule has 0 aliphatic carbocycles. The number of rotatable bonds is 3. The Balaban J connectivity index is 2.00. The standard InChI is InChI=1S/C15H20BNO2/c1-14(2)15(3,4)19-16(18-14)10-9-12-7-5-6-8-13(12)11-17/h5-8H,9-10H2,1-4H3. The van der Waals surface area contributed by atoms with Crippen LogP contribution >= 0.6 is 0 Å². The summed E-state index contributed by atoms with van der Waals surface area (Å²) in [5.74, 6) is 0. The molecule has 1 saturated heterocycles. The first-order valence-corrected chi connectivity index (χ1v) is 6.69. The maximum atomic E-state index is 9.06. The van der Waals surface area contributed by atoms with Crippen LogP contribution in [0.1, 0.15) is 38.8 Å². The van der Waals surface area contributed by atoms with Gasteiger partial charge >= 0.3 is 7.12 Å². The fourth-order valence-electron chi connectivity index (χ4n) is 2.20. The Labute approximate surface area is 115 Å². The van der Waals surface area contributed by atoms with Crippen LogP contribution in [0.25, 0.3) is 0 Å². The van der Waals surface area contributed by atoms with Crippen LogP contribution in [0, 0.1) is 11.3 Å². The van der Waals surface area contributed by atoms with Gasteiger partial charge in [0.15, 0.2) is 0 Å². The summed E-state index contributed by atoms with van der Waals surface area (Å²) in [5.41, 5.74) is 1.22.